The van der Waals surface area contributed by atoms with Crippen LogP contribution in [0.5, 0.6) is 23.0 Å². The maximum absolute atomic E-state index is 13.6. The zero-order valence-corrected chi connectivity index (χ0v) is 27.3. The average Bonchev–Trinajstić information content (AvgIpc) is 3.85. The number of ether oxygens (including phenoxy) is 4. The zero-order chi connectivity index (χ0) is 33.6. The topological polar surface area (TPSA) is 112 Å². The Kier molecular flexibility index (Phi) is 11.1. The molecule has 0 spiro atoms. The fourth-order valence-corrected chi connectivity index (χ4v) is 5.51. The van der Waals surface area contributed by atoms with Gasteiger partial charge in [-0.2, -0.15) is 17.2 Å². The fourth-order valence-electron chi connectivity index (χ4n) is 4.52. The minimum atomic E-state index is -4.01. The second-order valence-electron chi connectivity index (χ2n) is 10.8. The van der Waals surface area contributed by atoms with Crippen molar-refractivity contribution in [1.82, 2.24) is 0 Å². The van der Waals surface area contributed by atoms with E-state index in [2.05, 4.69) is 9.72 Å². The number of aromatic amines is 1. The number of rotatable bonds is 15. The number of aromatic nitrogens is 1. The maximum atomic E-state index is 13.6. The van der Waals surface area contributed by atoms with Gasteiger partial charge in [0.25, 0.3) is 0 Å². The molecular formula is C33H30Cl2F2NO8S+. The minimum absolute atomic E-state index is 0.0137. The quantitative estimate of drug-likeness (QED) is 0.0938. The molecule has 0 amide bonds. The number of carbonyl (C=O) groups is 1. The molecule has 1 saturated carbocycles. The number of hydrogen-bond acceptors (Lipinski definition) is 8. The van der Waals surface area contributed by atoms with Gasteiger partial charge < -0.3 is 23.1 Å². The smallest absolute Gasteiger partial charge is 0.387 e. The van der Waals surface area contributed by atoms with Gasteiger partial charge in [0.15, 0.2) is 35.4 Å². The van der Waals surface area contributed by atoms with E-state index < -0.39 is 28.8 Å². The largest absolute Gasteiger partial charge is 0.489 e. The van der Waals surface area contributed by atoms with Crippen molar-refractivity contribution in [3.8, 4) is 23.0 Å². The minimum Gasteiger partial charge on any atom is -0.489 e. The number of esters is 1. The van der Waals surface area contributed by atoms with Crippen LogP contribution in [0.3, 0.4) is 0 Å². The number of nitrogens with one attached hydrogen (secondary N) is 1. The zero-order valence-electron chi connectivity index (χ0n) is 25.0. The molecule has 1 aliphatic rings. The fraction of sp³-hybridized carbons (Fsp3) is 0.273. The molecule has 4 aromatic rings. The predicted molar refractivity (Wildman–Crippen MR) is 169 cm³/mol. The summed E-state index contributed by atoms with van der Waals surface area (Å²) in [5.74, 6) is -0.799. The van der Waals surface area contributed by atoms with Crippen LogP contribution in [-0.2, 0) is 27.9 Å². The number of halogens is 4. The van der Waals surface area contributed by atoms with Crippen LogP contribution in [0.15, 0.2) is 79.1 Å². The second kappa shape index (κ2) is 15.2. The molecule has 0 unspecified atom stereocenters. The lowest BCUT2D eigenvalue weighted by Gasteiger charge is -2.21. The van der Waals surface area contributed by atoms with E-state index in [-0.39, 0.29) is 51.6 Å². The van der Waals surface area contributed by atoms with Crippen molar-refractivity contribution in [1.29, 1.82) is 0 Å². The Morgan fingerprint density at radius 3 is 2.28 bits per heavy atom. The summed E-state index contributed by atoms with van der Waals surface area (Å²) in [4.78, 5) is 16.4. The normalized spacial score (nSPS) is 13.6. The van der Waals surface area contributed by atoms with Crippen molar-refractivity contribution in [3.05, 3.63) is 111 Å². The molecule has 47 heavy (non-hydrogen) atoms. The van der Waals surface area contributed by atoms with E-state index in [4.69, 9.17) is 41.6 Å². The van der Waals surface area contributed by atoms with Crippen molar-refractivity contribution >= 4 is 39.3 Å². The summed E-state index contributed by atoms with van der Waals surface area (Å²) >= 11 is 12.8. The van der Waals surface area contributed by atoms with Gasteiger partial charge in [-0.25, -0.2) is 9.78 Å². The number of hydrogen-bond donors (Lipinski definition) is 0. The van der Waals surface area contributed by atoms with Crippen molar-refractivity contribution in [2.24, 2.45) is 5.92 Å². The Morgan fingerprint density at radius 1 is 0.915 bits per heavy atom. The van der Waals surface area contributed by atoms with Crippen molar-refractivity contribution in [2.75, 3.05) is 12.9 Å². The molecule has 1 N–H and O–H groups in total. The highest BCUT2D eigenvalue weighted by Crippen LogP contribution is 2.38. The number of benzene rings is 3. The molecule has 1 atom stereocenters. The van der Waals surface area contributed by atoms with Gasteiger partial charge in [0.1, 0.15) is 22.8 Å². The summed E-state index contributed by atoms with van der Waals surface area (Å²) in [6, 6.07) is 17.4. The van der Waals surface area contributed by atoms with E-state index in [0.29, 0.717) is 23.7 Å². The molecule has 1 heterocycles. The SMILES string of the molecule is CS(=O)(=O)Oc1cc(C(=O)O[C@@H](Cc2c(Cl)c[nH+]cc2Cl)c2ccc(OC(F)F)c(OCC3CC3)c2)ccc1OCc1ccccc1. The molecule has 5 rings (SSSR count). The third-order valence-electron chi connectivity index (χ3n) is 7.02. The van der Waals surface area contributed by atoms with E-state index in [1.54, 1.807) is 0 Å². The van der Waals surface area contributed by atoms with E-state index in [9.17, 15) is 22.0 Å². The Labute approximate surface area is 280 Å². The highest BCUT2D eigenvalue weighted by molar-refractivity contribution is 7.86. The Bertz CT molecular complexity index is 1800. The van der Waals surface area contributed by atoms with Gasteiger partial charge >= 0.3 is 22.7 Å². The molecule has 1 aromatic heterocycles. The molecule has 1 aliphatic carbocycles. The van der Waals surface area contributed by atoms with Gasteiger partial charge in [-0.05, 0) is 54.2 Å². The van der Waals surface area contributed by atoms with Gasteiger partial charge in [0.05, 0.1) is 18.4 Å². The molecule has 248 valence electrons. The van der Waals surface area contributed by atoms with E-state index in [1.807, 2.05) is 30.3 Å². The van der Waals surface area contributed by atoms with Crippen LogP contribution in [0.1, 0.15) is 46.0 Å². The first-order valence-electron chi connectivity index (χ1n) is 14.4. The van der Waals surface area contributed by atoms with Crippen LogP contribution in [0.2, 0.25) is 10.0 Å². The van der Waals surface area contributed by atoms with Crippen LogP contribution >= 0.6 is 23.2 Å². The van der Waals surface area contributed by atoms with Gasteiger partial charge in [-0.3, -0.25) is 0 Å². The third kappa shape index (κ3) is 9.93. The first kappa shape index (κ1) is 34.2. The summed E-state index contributed by atoms with van der Waals surface area (Å²) in [6.45, 7) is -2.67. The number of carbonyl (C=O) groups excluding carboxylic acids is 1. The van der Waals surface area contributed by atoms with Gasteiger partial charge in [0.2, 0.25) is 0 Å². The van der Waals surface area contributed by atoms with Crippen molar-refractivity contribution in [3.63, 3.8) is 0 Å². The Balaban J connectivity index is 1.46. The van der Waals surface area contributed by atoms with Crippen molar-refractivity contribution < 1.29 is 50.1 Å². The lowest BCUT2D eigenvalue weighted by Crippen LogP contribution is -2.16. The van der Waals surface area contributed by atoms with Crippen LogP contribution in [0.25, 0.3) is 0 Å². The van der Waals surface area contributed by atoms with Gasteiger partial charge in [-0.15, -0.1) is 0 Å². The lowest BCUT2D eigenvalue weighted by atomic mass is 10.0. The van der Waals surface area contributed by atoms with Crippen LogP contribution in [-0.4, -0.2) is 33.9 Å². The Hall–Kier alpha value is -4.13. The monoisotopic (exact) mass is 708 g/mol. The van der Waals surface area contributed by atoms with Crippen LogP contribution < -0.4 is 23.4 Å². The molecule has 0 radical (unpaired) electrons. The Morgan fingerprint density at radius 2 is 1.62 bits per heavy atom. The third-order valence-corrected chi connectivity index (χ3v) is 8.18. The molecule has 1 fully saturated rings. The molecule has 14 heteroatoms. The number of pyridine rings is 1. The standard InChI is InChI=1S/C33H29Cl2F2NO8S/c1-47(40,41)46-31-14-23(10-11-27(31)42-18-20-5-3-2-4-6-20)32(39)44-29(15-24-25(34)16-38-17-26(24)35)22-9-12-28(45-33(36)37)30(13-22)43-19-21-7-8-21/h2-6,9-14,16-17,21,29,33H,7-8,15,18-19H2,1H3/p+1/t29-/m0/s1. The van der Waals surface area contributed by atoms with Crippen molar-refractivity contribution in [2.45, 2.75) is 38.6 Å². The lowest BCUT2D eigenvalue weighted by molar-refractivity contribution is -0.377. The van der Waals surface area contributed by atoms with Crippen LogP contribution in [0.4, 0.5) is 8.78 Å². The van der Waals surface area contributed by atoms with Crippen LogP contribution in [0, 0.1) is 5.92 Å². The molecule has 3 aromatic carbocycles. The molecule has 0 bridgehead atoms. The first-order valence-corrected chi connectivity index (χ1v) is 17.0. The summed E-state index contributed by atoms with van der Waals surface area (Å²) in [7, 11) is -4.01. The molecular weight excluding hydrogens is 679 g/mol. The van der Waals surface area contributed by atoms with Gasteiger partial charge in [0, 0.05) is 18.1 Å². The molecule has 9 nitrogen and oxygen atoms in total. The summed E-state index contributed by atoms with van der Waals surface area (Å²) < 4.78 is 77.9. The number of alkyl halides is 2. The average molecular weight is 710 g/mol. The maximum Gasteiger partial charge on any atom is 0.387 e. The summed E-state index contributed by atoms with van der Waals surface area (Å²) in [6.07, 6.45) is 4.74. The first-order chi connectivity index (χ1) is 22.4. The highest BCUT2D eigenvalue weighted by atomic mass is 35.5. The molecule has 0 aliphatic heterocycles. The summed E-state index contributed by atoms with van der Waals surface area (Å²) in [5, 5.41) is 0.537. The van der Waals surface area contributed by atoms with E-state index in [1.165, 1.54) is 48.8 Å². The molecule has 0 saturated heterocycles. The van der Waals surface area contributed by atoms with E-state index >= 15 is 0 Å². The number of H-pyrrole nitrogens is 1. The van der Waals surface area contributed by atoms with E-state index in [0.717, 1.165) is 24.7 Å². The summed E-state index contributed by atoms with van der Waals surface area (Å²) in [5.41, 5.74) is 1.60. The van der Waals surface area contributed by atoms with Gasteiger partial charge in [-0.1, -0.05) is 59.6 Å². The second-order valence-corrected chi connectivity index (χ2v) is 13.2. The highest BCUT2D eigenvalue weighted by Gasteiger charge is 2.27. The predicted octanol–water partition coefficient (Wildman–Crippen LogP) is 7.26.